The van der Waals surface area contributed by atoms with Gasteiger partial charge >= 0.3 is 0 Å². The normalized spacial score (nSPS) is 61.3. The highest BCUT2D eigenvalue weighted by Gasteiger charge is 2.66. The van der Waals surface area contributed by atoms with Crippen molar-refractivity contribution in [2.24, 2.45) is 29.6 Å². The first-order chi connectivity index (χ1) is 4.80. The first-order valence-electron chi connectivity index (χ1n) is 4.03. The van der Waals surface area contributed by atoms with Crippen molar-refractivity contribution in [1.29, 1.82) is 0 Å². The molecule has 0 amide bonds. The van der Waals surface area contributed by atoms with Crippen LogP contribution < -0.4 is 0 Å². The largest absolute Gasteiger partial charge is 0.299 e. The van der Waals surface area contributed by atoms with Gasteiger partial charge in [-0.2, -0.15) is 0 Å². The molecule has 1 nitrogen and oxygen atoms in total. The lowest BCUT2D eigenvalue weighted by Gasteiger charge is -2.08. The van der Waals surface area contributed by atoms with E-state index in [1.54, 1.807) is 0 Å². The van der Waals surface area contributed by atoms with Gasteiger partial charge in [0.2, 0.25) is 0 Å². The van der Waals surface area contributed by atoms with Gasteiger partial charge in [0.1, 0.15) is 5.78 Å². The SMILES string of the molecule is C[C@@H]1C(=O)[C@@H]2[C@@H]3C=C[C@@H]1[C@H]32. The van der Waals surface area contributed by atoms with E-state index in [-0.39, 0.29) is 0 Å². The quantitative estimate of drug-likeness (QED) is 0.456. The summed E-state index contributed by atoms with van der Waals surface area (Å²) < 4.78 is 0. The number of hydrogen-bond acceptors (Lipinski definition) is 1. The topological polar surface area (TPSA) is 17.1 Å². The van der Waals surface area contributed by atoms with E-state index >= 15 is 0 Å². The Morgan fingerprint density at radius 2 is 2.00 bits per heavy atom. The van der Waals surface area contributed by atoms with Crippen LogP contribution in [0.25, 0.3) is 0 Å². The van der Waals surface area contributed by atoms with Crippen molar-refractivity contribution in [2.45, 2.75) is 6.92 Å². The lowest BCUT2D eigenvalue weighted by Crippen LogP contribution is -2.13. The van der Waals surface area contributed by atoms with Gasteiger partial charge in [0.25, 0.3) is 0 Å². The van der Waals surface area contributed by atoms with Crippen molar-refractivity contribution < 1.29 is 4.79 Å². The van der Waals surface area contributed by atoms with Gasteiger partial charge in [0, 0.05) is 11.8 Å². The molecule has 1 heteroatoms. The Labute approximate surface area is 60.1 Å². The molecule has 0 aromatic carbocycles. The number of allylic oxidation sites excluding steroid dienone is 2. The third-order valence-corrected chi connectivity index (χ3v) is 3.49. The van der Waals surface area contributed by atoms with Crippen LogP contribution in [-0.4, -0.2) is 5.78 Å². The predicted octanol–water partition coefficient (Wildman–Crippen LogP) is 1.25. The summed E-state index contributed by atoms with van der Waals surface area (Å²) in [4.78, 5) is 11.4. The van der Waals surface area contributed by atoms with Crippen molar-refractivity contribution in [1.82, 2.24) is 0 Å². The van der Waals surface area contributed by atoms with Gasteiger partial charge in [-0.1, -0.05) is 19.1 Å². The number of rotatable bonds is 0. The van der Waals surface area contributed by atoms with Crippen molar-refractivity contribution in [3.63, 3.8) is 0 Å². The van der Waals surface area contributed by atoms with E-state index in [1.807, 2.05) is 0 Å². The molecule has 0 heterocycles. The van der Waals surface area contributed by atoms with Crippen molar-refractivity contribution in [2.75, 3.05) is 0 Å². The molecule has 0 aromatic heterocycles. The molecule has 10 heavy (non-hydrogen) atoms. The molecule has 5 atom stereocenters. The smallest absolute Gasteiger partial charge is 0.140 e. The predicted molar refractivity (Wildman–Crippen MR) is 37.3 cm³/mol. The second-order valence-corrected chi connectivity index (χ2v) is 3.83. The van der Waals surface area contributed by atoms with Gasteiger partial charge in [0.15, 0.2) is 0 Å². The zero-order chi connectivity index (χ0) is 6.88. The second-order valence-electron chi connectivity index (χ2n) is 3.83. The van der Waals surface area contributed by atoms with Crippen LogP contribution in [0, 0.1) is 29.6 Å². The fraction of sp³-hybridized carbons (Fsp3) is 0.667. The highest BCUT2D eigenvalue weighted by atomic mass is 16.1. The summed E-state index contributed by atoms with van der Waals surface area (Å²) in [6.45, 7) is 2.08. The third-order valence-electron chi connectivity index (χ3n) is 3.49. The molecule has 52 valence electrons. The summed E-state index contributed by atoms with van der Waals surface area (Å²) in [5, 5.41) is 0. The standard InChI is InChI=1S/C9H10O/c1-4-5-2-3-6-7(5)8(6)9(4)10/h2-8H,1H3/t4-,5-,6+,7+,8+/m0/s1. The van der Waals surface area contributed by atoms with Crippen molar-refractivity contribution in [3.8, 4) is 0 Å². The maximum absolute atomic E-state index is 11.4. The molecule has 0 spiro atoms. The maximum atomic E-state index is 11.4. The summed E-state index contributed by atoms with van der Waals surface area (Å²) in [5.74, 6) is 3.39. The van der Waals surface area contributed by atoms with Crippen molar-refractivity contribution >= 4 is 5.78 Å². The summed E-state index contributed by atoms with van der Waals surface area (Å²) in [7, 11) is 0. The van der Waals surface area contributed by atoms with Crippen LogP contribution in [0.5, 0.6) is 0 Å². The molecule has 0 aromatic rings. The zero-order valence-electron chi connectivity index (χ0n) is 5.95. The van der Waals surface area contributed by atoms with Crippen LogP contribution >= 0.6 is 0 Å². The van der Waals surface area contributed by atoms with E-state index in [2.05, 4.69) is 19.1 Å². The van der Waals surface area contributed by atoms with Gasteiger partial charge in [-0.15, -0.1) is 0 Å². The molecule has 0 saturated heterocycles. The van der Waals surface area contributed by atoms with Gasteiger partial charge in [-0.05, 0) is 17.8 Å². The van der Waals surface area contributed by atoms with Crippen LogP contribution in [-0.2, 0) is 4.79 Å². The third kappa shape index (κ3) is 0.329. The van der Waals surface area contributed by atoms with E-state index < -0.39 is 0 Å². The minimum absolute atomic E-state index is 0.338. The average molecular weight is 134 g/mol. The number of carbonyl (C=O) groups excluding carboxylic acids is 1. The summed E-state index contributed by atoms with van der Waals surface area (Å²) >= 11 is 0. The van der Waals surface area contributed by atoms with Gasteiger partial charge in [-0.25, -0.2) is 0 Å². The lowest BCUT2D eigenvalue weighted by atomic mass is 9.94. The Hall–Kier alpha value is -0.590. The van der Waals surface area contributed by atoms with E-state index in [0.29, 0.717) is 29.5 Å². The highest BCUT2D eigenvalue weighted by molar-refractivity contribution is 5.91. The van der Waals surface area contributed by atoms with Crippen LogP contribution in [0.2, 0.25) is 0 Å². The molecule has 0 radical (unpaired) electrons. The average Bonchev–Trinajstić information content (AvgIpc) is 2.43. The van der Waals surface area contributed by atoms with Crippen LogP contribution in [0.1, 0.15) is 6.92 Å². The minimum Gasteiger partial charge on any atom is -0.299 e. The summed E-state index contributed by atoms with van der Waals surface area (Å²) in [5.41, 5.74) is 0. The first kappa shape index (κ1) is 5.11. The van der Waals surface area contributed by atoms with E-state index in [9.17, 15) is 4.79 Å². The molecular formula is C9H10O. The number of Topliss-reactive ketones (excluding diaryl/α,β-unsaturated/α-hetero) is 1. The molecule has 3 aliphatic rings. The monoisotopic (exact) mass is 134 g/mol. The Bertz CT molecular complexity index is 237. The van der Waals surface area contributed by atoms with Gasteiger partial charge in [0.05, 0.1) is 0 Å². The van der Waals surface area contributed by atoms with Crippen molar-refractivity contribution in [3.05, 3.63) is 12.2 Å². The molecule has 2 fully saturated rings. The maximum Gasteiger partial charge on any atom is 0.140 e. The molecular weight excluding hydrogens is 124 g/mol. The zero-order valence-corrected chi connectivity index (χ0v) is 5.95. The Morgan fingerprint density at radius 3 is 2.60 bits per heavy atom. The minimum atomic E-state index is 0.338. The summed E-state index contributed by atoms with van der Waals surface area (Å²) in [6.07, 6.45) is 4.50. The first-order valence-corrected chi connectivity index (χ1v) is 4.03. The molecule has 0 unspecified atom stereocenters. The lowest BCUT2D eigenvalue weighted by molar-refractivity contribution is -0.122. The Kier molecular flexibility index (Phi) is 0.627. The highest BCUT2D eigenvalue weighted by Crippen LogP contribution is 2.65. The molecule has 2 saturated carbocycles. The van der Waals surface area contributed by atoms with Crippen LogP contribution in [0.15, 0.2) is 12.2 Å². The van der Waals surface area contributed by atoms with E-state index in [0.717, 1.165) is 5.92 Å². The Balaban J connectivity index is 2.10. The fourth-order valence-corrected chi connectivity index (χ4v) is 2.86. The Morgan fingerprint density at radius 1 is 1.30 bits per heavy atom. The van der Waals surface area contributed by atoms with Gasteiger partial charge < -0.3 is 0 Å². The number of ketones is 1. The fourth-order valence-electron chi connectivity index (χ4n) is 2.86. The summed E-state index contributed by atoms with van der Waals surface area (Å²) in [6, 6.07) is 0. The number of fused-ring (bicyclic) bond motifs is 1. The second kappa shape index (κ2) is 1.23. The molecule has 3 aliphatic carbocycles. The van der Waals surface area contributed by atoms with E-state index in [4.69, 9.17) is 0 Å². The molecule has 0 bridgehead atoms. The molecule has 0 N–H and O–H groups in total. The molecule has 0 aliphatic heterocycles. The number of carbonyl (C=O) groups is 1. The van der Waals surface area contributed by atoms with Crippen LogP contribution in [0.3, 0.4) is 0 Å². The molecule has 3 rings (SSSR count). The van der Waals surface area contributed by atoms with Gasteiger partial charge in [-0.3, -0.25) is 4.79 Å². The number of hydrogen-bond donors (Lipinski definition) is 0. The van der Waals surface area contributed by atoms with E-state index in [1.165, 1.54) is 0 Å². The van der Waals surface area contributed by atoms with Crippen LogP contribution in [0.4, 0.5) is 0 Å².